The Labute approximate surface area is 121 Å². The molecule has 20 heavy (non-hydrogen) atoms. The average Bonchev–Trinajstić information content (AvgIpc) is 2.46. The molecule has 0 saturated carbocycles. The first kappa shape index (κ1) is 14.3. The number of hydrogen-bond donors (Lipinski definition) is 1. The van der Waals surface area contributed by atoms with E-state index in [1.54, 1.807) is 12.1 Å². The normalized spacial score (nSPS) is 11.8. The van der Waals surface area contributed by atoms with E-state index in [0.717, 1.165) is 0 Å². The van der Waals surface area contributed by atoms with Gasteiger partial charge in [0.05, 0.1) is 7.11 Å². The largest absolute Gasteiger partial charge is 0.467 e. The molecule has 3 nitrogen and oxygen atoms in total. The molecule has 2 rings (SSSR count). The summed E-state index contributed by atoms with van der Waals surface area (Å²) < 4.78 is 18.7. The monoisotopic (exact) mass is 293 g/mol. The lowest BCUT2D eigenvalue weighted by molar-refractivity contribution is -0.141. The van der Waals surface area contributed by atoms with Crippen molar-refractivity contribution in [2.24, 2.45) is 0 Å². The summed E-state index contributed by atoms with van der Waals surface area (Å²) in [6.45, 7) is 0. The number of anilines is 1. The van der Waals surface area contributed by atoms with Crippen LogP contribution in [0.25, 0.3) is 0 Å². The number of ether oxygens (including phenoxy) is 1. The van der Waals surface area contributed by atoms with Gasteiger partial charge < -0.3 is 10.1 Å². The van der Waals surface area contributed by atoms with Crippen molar-refractivity contribution in [3.8, 4) is 0 Å². The van der Waals surface area contributed by atoms with Crippen molar-refractivity contribution in [2.45, 2.75) is 6.04 Å². The quantitative estimate of drug-likeness (QED) is 0.871. The Morgan fingerprint density at radius 1 is 1.25 bits per heavy atom. The van der Waals surface area contributed by atoms with Crippen LogP contribution in [0.4, 0.5) is 10.1 Å². The maximum absolute atomic E-state index is 14.0. The molecule has 104 valence electrons. The molecule has 0 aliphatic rings. The molecule has 1 unspecified atom stereocenters. The van der Waals surface area contributed by atoms with Gasteiger partial charge >= 0.3 is 5.97 Å². The van der Waals surface area contributed by atoms with Gasteiger partial charge in [-0.2, -0.15) is 0 Å². The van der Waals surface area contributed by atoms with Crippen LogP contribution < -0.4 is 5.32 Å². The predicted octanol–water partition coefficient (Wildman–Crippen LogP) is 3.81. The van der Waals surface area contributed by atoms with Gasteiger partial charge in [-0.1, -0.05) is 35.9 Å². The molecular weight excluding hydrogens is 281 g/mol. The van der Waals surface area contributed by atoms with Gasteiger partial charge in [-0.25, -0.2) is 9.18 Å². The first-order valence-corrected chi connectivity index (χ1v) is 6.34. The highest BCUT2D eigenvalue weighted by Gasteiger charge is 2.24. The number of benzene rings is 2. The molecule has 5 heteroatoms. The highest BCUT2D eigenvalue weighted by Crippen LogP contribution is 2.25. The van der Waals surface area contributed by atoms with E-state index in [2.05, 4.69) is 5.32 Å². The van der Waals surface area contributed by atoms with Gasteiger partial charge in [0.15, 0.2) is 6.04 Å². The summed E-state index contributed by atoms with van der Waals surface area (Å²) in [7, 11) is 1.26. The average molecular weight is 294 g/mol. The maximum atomic E-state index is 14.0. The Kier molecular flexibility index (Phi) is 4.58. The van der Waals surface area contributed by atoms with Crippen LogP contribution in [0.3, 0.4) is 0 Å². The number of methoxy groups -OCH3 is 1. The van der Waals surface area contributed by atoms with Crippen molar-refractivity contribution in [2.75, 3.05) is 12.4 Å². The van der Waals surface area contributed by atoms with E-state index in [0.29, 0.717) is 5.69 Å². The third kappa shape index (κ3) is 3.27. The zero-order chi connectivity index (χ0) is 14.5. The lowest BCUT2D eigenvalue weighted by atomic mass is 10.1. The van der Waals surface area contributed by atoms with Gasteiger partial charge in [0, 0.05) is 16.3 Å². The third-order valence-corrected chi connectivity index (χ3v) is 3.03. The summed E-state index contributed by atoms with van der Waals surface area (Å²) in [4.78, 5) is 11.9. The van der Waals surface area contributed by atoms with Crippen LogP contribution in [0.5, 0.6) is 0 Å². The lowest BCUT2D eigenvalue weighted by Crippen LogP contribution is -2.23. The molecule has 0 fully saturated rings. The third-order valence-electron chi connectivity index (χ3n) is 2.80. The second-order valence-corrected chi connectivity index (χ2v) is 4.57. The number of halogens is 2. The van der Waals surface area contributed by atoms with E-state index in [1.807, 2.05) is 18.2 Å². The SMILES string of the molecule is COC(=O)C(Nc1ccccc1)c1ccc(Cl)cc1F. The number of nitrogens with one attached hydrogen (secondary N) is 1. The molecule has 1 atom stereocenters. The fourth-order valence-electron chi connectivity index (χ4n) is 1.82. The number of hydrogen-bond acceptors (Lipinski definition) is 3. The van der Waals surface area contributed by atoms with Crippen LogP contribution >= 0.6 is 11.6 Å². The number of carbonyl (C=O) groups excluding carboxylic acids is 1. The van der Waals surface area contributed by atoms with E-state index < -0.39 is 17.8 Å². The number of esters is 1. The zero-order valence-electron chi connectivity index (χ0n) is 10.8. The van der Waals surface area contributed by atoms with Crippen LogP contribution in [-0.4, -0.2) is 13.1 Å². The molecule has 0 amide bonds. The summed E-state index contributed by atoms with van der Waals surface area (Å²) in [5, 5.41) is 3.22. The van der Waals surface area contributed by atoms with Crippen molar-refractivity contribution < 1.29 is 13.9 Å². The van der Waals surface area contributed by atoms with E-state index in [1.165, 1.54) is 25.3 Å². The minimum absolute atomic E-state index is 0.185. The fraction of sp³-hybridized carbons (Fsp3) is 0.133. The molecule has 0 aliphatic heterocycles. The minimum atomic E-state index is -0.931. The minimum Gasteiger partial charge on any atom is -0.467 e. The van der Waals surface area contributed by atoms with Crippen LogP contribution in [0, 0.1) is 5.82 Å². The molecule has 0 aliphatic carbocycles. The molecular formula is C15H13ClFNO2. The molecule has 0 aromatic heterocycles. The molecule has 0 radical (unpaired) electrons. The van der Waals surface area contributed by atoms with Gasteiger partial charge in [0.1, 0.15) is 5.82 Å². The van der Waals surface area contributed by atoms with E-state index in [4.69, 9.17) is 16.3 Å². The summed E-state index contributed by atoms with van der Waals surface area (Å²) in [6.07, 6.45) is 0. The first-order valence-electron chi connectivity index (χ1n) is 5.96. The first-order chi connectivity index (χ1) is 9.61. The second-order valence-electron chi connectivity index (χ2n) is 4.13. The Morgan fingerprint density at radius 2 is 1.95 bits per heavy atom. The van der Waals surface area contributed by atoms with Crippen LogP contribution in [0.15, 0.2) is 48.5 Å². The van der Waals surface area contributed by atoms with Crippen molar-refractivity contribution in [3.05, 3.63) is 64.9 Å². The fourth-order valence-corrected chi connectivity index (χ4v) is 1.98. The maximum Gasteiger partial charge on any atom is 0.333 e. The van der Waals surface area contributed by atoms with Crippen LogP contribution in [-0.2, 0) is 9.53 Å². The van der Waals surface area contributed by atoms with Gasteiger partial charge in [0.25, 0.3) is 0 Å². The summed E-state index contributed by atoms with van der Waals surface area (Å²) >= 11 is 5.72. The van der Waals surface area contributed by atoms with E-state index in [-0.39, 0.29) is 10.6 Å². The molecule has 2 aromatic rings. The Balaban J connectivity index is 2.35. The van der Waals surface area contributed by atoms with E-state index >= 15 is 0 Å². The standard InChI is InChI=1S/C15H13ClFNO2/c1-20-15(19)14(18-11-5-3-2-4-6-11)12-8-7-10(16)9-13(12)17/h2-9,14,18H,1H3. The summed E-state index contributed by atoms with van der Waals surface area (Å²) in [6, 6.07) is 12.3. The van der Waals surface area contributed by atoms with Crippen LogP contribution in [0.2, 0.25) is 5.02 Å². The lowest BCUT2D eigenvalue weighted by Gasteiger charge is -2.18. The smallest absolute Gasteiger partial charge is 0.333 e. The number of rotatable bonds is 4. The molecule has 0 spiro atoms. The summed E-state index contributed by atoms with van der Waals surface area (Å²) in [5.74, 6) is -1.13. The highest BCUT2D eigenvalue weighted by atomic mass is 35.5. The number of para-hydroxylation sites is 1. The topological polar surface area (TPSA) is 38.3 Å². The molecule has 0 bridgehead atoms. The predicted molar refractivity (Wildman–Crippen MR) is 76.2 cm³/mol. The Morgan fingerprint density at radius 3 is 2.55 bits per heavy atom. The van der Waals surface area contributed by atoms with Gasteiger partial charge in [-0.3, -0.25) is 0 Å². The van der Waals surface area contributed by atoms with Crippen molar-refractivity contribution in [1.82, 2.24) is 0 Å². The van der Waals surface area contributed by atoms with Crippen LogP contribution in [0.1, 0.15) is 11.6 Å². The molecule has 0 saturated heterocycles. The van der Waals surface area contributed by atoms with Gasteiger partial charge in [0.2, 0.25) is 0 Å². The highest BCUT2D eigenvalue weighted by molar-refractivity contribution is 6.30. The van der Waals surface area contributed by atoms with Crippen molar-refractivity contribution in [1.29, 1.82) is 0 Å². The van der Waals surface area contributed by atoms with E-state index in [9.17, 15) is 9.18 Å². The zero-order valence-corrected chi connectivity index (χ0v) is 11.5. The number of carbonyl (C=O) groups is 1. The molecule has 0 heterocycles. The van der Waals surface area contributed by atoms with Crippen molar-refractivity contribution in [3.63, 3.8) is 0 Å². The molecule has 2 aromatic carbocycles. The second kappa shape index (κ2) is 6.39. The Hall–Kier alpha value is -2.07. The Bertz CT molecular complexity index is 604. The summed E-state index contributed by atoms with van der Waals surface area (Å²) in [5.41, 5.74) is 0.877. The van der Waals surface area contributed by atoms with Crippen molar-refractivity contribution >= 4 is 23.3 Å². The van der Waals surface area contributed by atoms with Gasteiger partial charge in [-0.15, -0.1) is 0 Å². The van der Waals surface area contributed by atoms with Gasteiger partial charge in [-0.05, 0) is 24.3 Å². The molecule has 1 N–H and O–H groups in total.